The van der Waals surface area contributed by atoms with E-state index in [4.69, 9.17) is 23.2 Å². The number of halogens is 3. The second-order valence-electron chi connectivity index (χ2n) is 7.06. The van der Waals surface area contributed by atoms with E-state index in [2.05, 4.69) is 5.32 Å². The summed E-state index contributed by atoms with van der Waals surface area (Å²) in [6.45, 7) is 4.47. The van der Waals surface area contributed by atoms with E-state index in [9.17, 15) is 14.0 Å². The highest BCUT2D eigenvalue weighted by atomic mass is 35.5. The minimum Gasteiger partial charge on any atom is -0.354 e. The molecule has 2 aromatic rings. The second kappa shape index (κ2) is 11.9. The molecule has 1 N–H and O–H groups in total. The van der Waals surface area contributed by atoms with Gasteiger partial charge < -0.3 is 10.2 Å². The summed E-state index contributed by atoms with van der Waals surface area (Å²) >= 11 is 12.6. The van der Waals surface area contributed by atoms with Gasteiger partial charge in [0.2, 0.25) is 11.8 Å². The van der Waals surface area contributed by atoms with E-state index in [0.717, 1.165) is 12.8 Å². The highest BCUT2D eigenvalue weighted by molar-refractivity contribution is 6.36. The normalized spacial score (nSPS) is 11.8. The van der Waals surface area contributed by atoms with Gasteiger partial charge in [0, 0.05) is 28.7 Å². The van der Waals surface area contributed by atoms with Crippen molar-refractivity contribution < 1.29 is 14.0 Å². The van der Waals surface area contributed by atoms with Crippen LogP contribution in [0.5, 0.6) is 0 Å². The van der Waals surface area contributed by atoms with Crippen molar-refractivity contribution in [3.63, 3.8) is 0 Å². The van der Waals surface area contributed by atoms with Crippen LogP contribution in [0.3, 0.4) is 0 Å². The Morgan fingerprint density at radius 1 is 1.07 bits per heavy atom. The second-order valence-corrected chi connectivity index (χ2v) is 7.87. The van der Waals surface area contributed by atoms with Gasteiger partial charge in [-0.3, -0.25) is 9.59 Å². The fraction of sp³-hybridized carbons (Fsp3) is 0.391. The predicted molar refractivity (Wildman–Crippen MR) is 119 cm³/mol. The smallest absolute Gasteiger partial charge is 0.242 e. The van der Waals surface area contributed by atoms with Gasteiger partial charge in [-0.15, -0.1) is 0 Å². The molecule has 2 amide bonds. The lowest BCUT2D eigenvalue weighted by atomic mass is 10.1. The molecule has 30 heavy (non-hydrogen) atoms. The Bertz CT molecular complexity index is 856. The summed E-state index contributed by atoms with van der Waals surface area (Å²) in [7, 11) is 0. The molecule has 2 aromatic carbocycles. The predicted octanol–water partition coefficient (Wildman–Crippen LogP) is 5.40. The van der Waals surface area contributed by atoms with Crippen LogP contribution < -0.4 is 5.32 Å². The molecule has 0 unspecified atom stereocenters. The van der Waals surface area contributed by atoms with Crippen molar-refractivity contribution in [2.75, 3.05) is 6.54 Å². The van der Waals surface area contributed by atoms with E-state index >= 15 is 0 Å². The SMILES string of the molecule is CCCCNC(=O)[C@@H](CC)N(Cc1c(Cl)cccc1Cl)C(=O)Cc1ccccc1F. The lowest BCUT2D eigenvalue weighted by Gasteiger charge is -2.31. The van der Waals surface area contributed by atoms with Crippen molar-refractivity contribution in [2.45, 2.75) is 52.1 Å². The van der Waals surface area contributed by atoms with Gasteiger partial charge in [-0.05, 0) is 36.6 Å². The third kappa shape index (κ3) is 6.44. The van der Waals surface area contributed by atoms with E-state index in [0.29, 0.717) is 28.6 Å². The maximum absolute atomic E-state index is 14.1. The number of carbonyl (C=O) groups excluding carboxylic acids is 2. The third-order valence-electron chi connectivity index (χ3n) is 4.91. The van der Waals surface area contributed by atoms with Gasteiger partial charge in [-0.2, -0.15) is 0 Å². The summed E-state index contributed by atoms with van der Waals surface area (Å²) < 4.78 is 14.1. The van der Waals surface area contributed by atoms with Crippen LogP contribution in [-0.2, 0) is 22.6 Å². The number of carbonyl (C=O) groups is 2. The third-order valence-corrected chi connectivity index (χ3v) is 5.61. The first-order valence-corrected chi connectivity index (χ1v) is 10.9. The maximum Gasteiger partial charge on any atom is 0.242 e. The quantitative estimate of drug-likeness (QED) is 0.490. The summed E-state index contributed by atoms with van der Waals surface area (Å²) in [4.78, 5) is 27.5. The van der Waals surface area contributed by atoms with Gasteiger partial charge in [0.1, 0.15) is 11.9 Å². The fourth-order valence-corrected chi connectivity index (χ4v) is 3.70. The fourth-order valence-electron chi connectivity index (χ4n) is 3.19. The van der Waals surface area contributed by atoms with Crippen LogP contribution in [0.2, 0.25) is 10.0 Å². The highest BCUT2D eigenvalue weighted by Crippen LogP contribution is 2.27. The number of nitrogens with one attached hydrogen (secondary N) is 1. The van der Waals surface area contributed by atoms with Gasteiger partial charge >= 0.3 is 0 Å². The van der Waals surface area contributed by atoms with Gasteiger partial charge in [0.15, 0.2) is 0 Å². The molecule has 2 rings (SSSR count). The Morgan fingerprint density at radius 2 is 1.73 bits per heavy atom. The van der Waals surface area contributed by atoms with Crippen LogP contribution in [0.25, 0.3) is 0 Å². The van der Waals surface area contributed by atoms with Crippen molar-refractivity contribution in [3.05, 3.63) is 69.5 Å². The van der Waals surface area contributed by atoms with E-state index in [-0.39, 0.29) is 30.3 Å². The minimum absolute atomic E-state index is 0.0610. The first-order chi connectivity index (χ1) is 14.4. The van der Waals surface area contributed by atoms with Gasteiger partial charge in [-0.25, -0.2) is 4.39 Å². The van der Waals surface area contributed by atoms with Crippen LogP contribution in [0.1, 0.15) is 44.2 Å². The largest absolute Gasteiger partial charge is 0.354 e. The summed E-state index contributed by atoms with van der Waals surface area (Å²) in [5, 5.41) is 3.71. The molecule has 0 saturated heterocycles. The summed E-state index contributed by atoms with van der Waals surface area (Å²) in [6.07, 6.45) is 2.04. The zero-order valence-electron chi connectivity index (χ0n) is 17.3. The molecule has 0 heterocycles. The zero-order chi connectivity index (χ0) is 22.1. The van der Waals surface area contributed by atoms with Gasteiger partial charge in [0.05, 0.1) is 6.42 Å². The molecule has 1 atom stereocenters. The standard InChI is InChI=1S/C23H27Cl2FN2O2/c1-3-5-13-27-23(30)21(4-2)28(15-17-18(24)10-8-11-19(17)25)22(29)14-16-9-6-7-12-20(16)26/h6-12,21H,3-5,13-15H2,1-2H3,(H,27,30)/t21-/m1/s1. The number of nitrogens with zero attached hydrogens (tertiary/aromatic N) is 1. The number of rotatable bonds is 10. The molecular formula is C23H27Cl2FN2O2. The van der Waals surface area contributed by atoms with E-state index in [1.165, 1.54) is 11.0 Å². The lowest BCUT2D eigenvalue weighted by molar-refractivity contribution is -0.141. The average Bonchev–Trinajstić information content (AvgIpc) is 2.71. The highest BCUT2D eigenvalue weighted by Gasteiger charge is 2.30. The molecule has 7 heteroatoms. The van der Waals surface area contributed by atoms with Crippen molar-refractivity contribution in [2.24, 2.45) is 0 Å². The Morgan fingerprint density at radius 3 is 2.33 bits per heavy atom. The topological polar surface area (TPSA) is 49.4 Å². The number of unbranched alkanes of at least 4 members (excludes halogenated alkanes) is 1. The maximum atomic E-state index is 14.1. The number of amides is 2. The van der Waals surface area contributed by atoms with Crippen molar-refractivity contribution in [3.8, 4) is 0 Å². The molecule has 4 nitrogen and oxygen atoms in total. The Hall–Kier alpha value is -2.11. The molecule has 0 radical (unpaired) electrons. The van der Waals surface area contributed by atoms with E-state index in [1.807, 2.05) is 13.8 Å². The number of hydrogen-bond acceptors (Lipinski definition) is 2. The Kier molecular flexibility index (Phi) is 9.60. The van der Waals surface area contributed by atoms with Crippen molar-refractivity contribution >= 4 is 35.0 Å². The molecule has 0 aliphatic rings. The van der Waals surface area contributed by atoms with Crippen molar-refractivity contribution in [1.29, 1.82) is 0 Å². The molecule has 0 saturated carbocycles. The molecule has 0 spiro atoms. The van der Waals surface area contributed by atoms with Crippen molar-refractivity contribution in [1.82, 2.24) is 10.2 Å². The van der Waals surface area contributed by atoms with Gasteiger partial charge in [-0.1, -0.05) is 67.7 Å². The molecule has 0 aliphatic heterocycles. The monoisotopic (exact) mass is 452 g/mol. The van der Waals surface area contributed by atoms with Crippen LogP contribution in [-0.4, -0.2) is 29.3 Å². The molecular weight excluding hydrogens is 426 g/mol. The van der Waals surface area contributed by atoms with Crippen LogP contribution >= 0.6 is 23.2 Å². The first kappa shape index (κ1) is 24.2. The Balaban J connectivity index is 2.33. The molecule has 0 bridgehead atoms. The Labute approximate surface area is 187 Å². The molecule has 0 aromatic heterocycles. The van der Waals surface area contributed by atoms with E-state index < -0.39 is 11.9 Å². The first-order valence-electron chi connectivity index (χ1n) is 10.1. The summed E-state index contributed by atoms with van der Waals surface area (Å²) in [5.74, 6) is -1.06. The number of hydrogen-bond donors (Lipinski definition) is 1. The average molecular weight is 453 g/mol. The molecule has 0 fully saturated rings. The van der Waals surface area contributed by atoms with Crippen LogP contribution in [0.15, 0.2) is 42.5 Å². The molecule has 0 aliphatic carbocycles. The lowest BCUT2D eigenvalue weighted by Crippen LogP contribution is -2.49. The van der Waals surface area contributed by atoms with Crippen LogP contribution in [0.4, 0.5) is 4.39 Å². The number of benzene rings is 2. The van der Waals surface area contributed by atoms with Gasteiger partial charge in [0.25, 0.3) is 0 Å². The minimum atomic E-state index is -0.714. The summed E-state index contributed by atoms with van der Waals surface area (Å²) in [6, 6.07) is 10.5. The van der Waals surface area contributed by atoms with E-state index in [1.54, 1.807) is 36.4 Å². The zero-order valence-corrected chi connectivity index (χ0v) is 18.8. The summed E-state index contributed by atoms with van der Waals surface area (Å²) in [5.41, 5.74) is 0.835. The molecule has 162 valence electrons. The van der Waals surface area contributed by atoms with Crippen LogP contribution in [0, 0.1) is 5.82 Å².